The van der Waals surface area contributed by atoms with Gasteiger partial charge in [0.15, 0.2) is 0 Å². The fourth-order valence-corrected chi connectivity index (χ4v) is 1.55. The van der Waals surface area contributed by atoms with E-state index >= 15 is 0 Å². The van der Waals surface area contributed by atoms with Crippen molar-refractivity contribution in [2.45, 2.75) is 39.7 Å². The molecule has 1 nitrogen and oxygen atoms in total. The normalized spacial score (nSPS) is 13.9. The maximum Gasteiger partial charge on any atom is 0.0790 e. The smallest absolute Gasteiger partial charge is 0.0790 e. The van der Waals surface area contributed by atoms with Crippen LogP contribution in [0.15, 0.2) is 24.3 Å². The van der Waals surface area contributed by atoms with Crippen LogP contribution in [0.4, 0.5) is 0 Å². The highest BCUT2D eigenvalue weighted by molar-refractivity contribution is 6.30. The van der Waals surface area contributed by atoms with Crippen LogP contribution in [0.25, 0.3) is 0 Å². The van der Waals surface area contributed by atoms with E-state index in [-0.39, 0.29) is 11.5 Å². The maximum absolute atomic E-state index is 9.93. The third kappa shape index (κ3) is 4.67. The summed E-state index contributed by atoms with van der Waals surface area (Å²) in [6.07, 6.45) is 1.43. The van der Waals surface area contributed by atoms with E-state index in [9.17, 15) is 5.11 Å². The summed E-state index contributed by atoms with van der Waals surface area (Å²) in [5.74, 6) is 0. The Morgan fingerprint density at radius 1 is 1.20 bits per heavy atom. The lowest BCUT2D eigenvalue weighted by molar-refractivity contribution is 0.147. The van der Waals surface area contributed by atoms with E-state index in [1.165, 1.54) is 0 Å². The molecule has 1 aromatic rings. The molecule has 0 unspecified atom stereocenters. The first kappa shape index (κ1) is 12.5. The molecule has 0 aliphatic rings. The van der Waals surface area contributed by atoms with Crippen LogP contribution >= 0.6 is 11.6 Å². The number of benzene rings is 1. The van der Waals surface area contributed by atoms with Gasteiger partial charge in [-0.1, -0.05) is 44.5 Å². The molecular formula is C13H19ClO. The van der Waals surface area contributed by atoms with Gasteiger partial charge in [0.05, 0.1) is 6.10 Å². The molecule has 0 fully saturated rings. The predicted molar refractivity (Wildman–Crippen MR) is 65.1 cm³/mol. The Balaban J connectivity index is 2.54. The molecule has 0 radical (unpaired) electrons. The standard InChI is InChI=1S/C13H19ClO/c1-13(2,3)9-8-12(15)10-4-6-11(14)7-5-10/h4-7,12,15H,8-9H2,1-3H3/t12-/m1/s1. The molecule has 0 saturated heterocycles. The molecule has 1 N–H and O–H groups in total. The summed E-state index contributed by atoms with van der Waals surface area (Å²) in [4.78, 5) is 0. The second kappa shape index (κ2) is 5.00. The first-order valence-corrected chi connectivity index (χ1v) is 5.70. The summed E-state index contributed by atoms with van der Waals surface area (Å²) >= 11 is 5.78. The summed E-state index contributed by atoms with van der Waals surface area (Å²) in [6, 6.07) is 7.40. The quantitative estimate of drug-likeness (QED) is 0.819. The van der Waals surface area contributed by atoms with E-state index in [0.717, 1.165) is 18.4 Å². The Morgan fingerprint density at radius 2 is 1.73 bits per heavy atom. The first-order chi connectivity index (χ1) is 6.88. The molecule has 0 bridgehead atoms. The summed E-state index contributed by atoms with van der Waals surface area (Å²) < 4.78 is 0. The minimum absolute atomic E-state index is 0.271. The van der Waals surface area contributed by atoms with Gasteiger partial charge in [-0.25, -0.2) is 0 Å². The third-order valence-electron chi connectivity index (χ3n) is 2.42. The van der Waals surface area contributed by atoms with Gasteiger partial charge < -0.3 is 5.11 Å². The van der Waals surface area contributed by atoms with Crippen molar-refractivity contribution < 1.29 is 5.11 Å². The Kier molecular flexibility index (Phi) is 4.18. The van der Waals surface area contributed by atoms with Gasteiger partial charge in [0.25, 0.3) is 0 Å². The number of rotatable bonds is 3. The highest BCUT2D eigenvalue weighted by atomic mass is 35.5. The number of halogens is 1. The lowest BCUT2D eigenvalue weighted by Gasteiger charge is -2.20. The molecule has 0 aliphatic carbocycles. The Bertz CT molecular complexity index is 297. The van der Waals surface area contributed by atoms with E-state index in [1.807, 2.05) is 24.3 Å². The van der Waals surface area contributed by atoms with Crippen LogP contribution in [0.5, 0.6) is 0 Å². The van der Waals surface area contributed by atoms with Crippen molar-refractivity contribution in [1.29, 1.82) is 0 Å². The molecule has 0 aromatic heterocycles. The molecule has 0 aliphatic heterocycles. The molecule has 15 heavy (non-hydrogen) atoms. The molecule has 1 atom stereocenters. The Labute approximate surface area is 97.1 Å². The van der Waals surface area contributed by atoms with Crippen LogP contribution in [-0.4, -0.2) is 5.11 Å². The number of aliphatic hydroxyl groups excluding tert-OH is 1. The van der Waals surface area contributed by atoms with Gasteiger partial charge >= 0.3 is 0 Å². The van der Waals surface area contributed by atoms with Crippen molar-refractivity contribution in [1.82, 2.24) is 0 Å². The zero-order valence-electron chi connectivity index (χ0n) is 9.63. The topological polar surface area (TPSA) is 20.2 Å². The summed E-state index contributed by atoms with van der Waals surface area (Å²) in [5.41, 5.74) is 1.22. The van der Waals surface area contributed by atoms with Crippen molar-refractivity contribution in [3.63, 3.8) is 0 Å². The minimum atomic E-state index is -0.374. The summed E-state index contributed by atoms with van der Waals surface area (Å²) in [5, 5.41) is 10.6. The lowest BCUT2D eigenvalue weighted by Crippen LogP contribution is -2.08. The molecule has 0 amide bonds. The fraction of sp³-hybridized carbons (Fsp3) is 0.538. The predicted octanol–water partition coefficient (Wildman–Crippen LogP) is 4.20. The Hall–Kier alpha value is -0.530. The monoisotopic (exact) mass is 226 g/mol. The third-order valence-corrected chi connectivity index (χ3v) is 2.67. The van der Waals surface area contributed by atoms with Gasteiger partial charge in [0, 0.05) is 5.02 Å². The van der Waals surface area contributed by atoms with Crippen molar-refractivity contribution in [3.8, 4) is 0 Å². The number of aliphatic hydroxyl groups is 1. The SMILES string of the molecule is CC(C)(C)CC[C@@H](O)c1ccc(Cl)cc1. The minimum Gasteiger partial charge on any atom is -0.388 e. The summed E-state index contributed by atoms with van der Waals surface area (Å²) in [7, 11) is 0. The molecule has 0 heterocycles. The number of hydrogen-bond donors (Lipinski definition) is 1. The molecule has 0 saturated carbocycles. The van der Waals surface area contributed by atoms with Crippen LogP contribution in [0, 0.1) is 5.41 Å². The highest BCUT2D eigenvalue weighted by Gasteiger charge is 2.14. The molecule has 1 aromatic carbocycles. The average Bonchev–Trinajstić information content (AvgIpc) is 2.14. The number of hydrogen-bond acceptors (Lipinski definition) is 1. The molecular weight excluding hydrogens is 208 g/mol. The van der Waals surface area contributed by atoms with Crippen molar-refractivity contribution in [3.05, 3.63) is 34.9 Å². The van der Waals surface area contributed by atoms with Crippen LogP contribution in [0.1, 0.15) is 45.3 Å². The van der Waals surface area contributed by atoms with Gasteiger partial charge in [-0.15, -0.1) is 0 Å². The zero-order valence-corrected chi connectivity index (χ0v) is 10.4. The first-order valence-electron chi connectivity index (χ1n) is 5.32. The fourth-order valence-electron chi connectivity index (χ4n) is 1.42. The van der Waals surface area contributed by atoms with E-state index in [0.29, 0.717) is 5.02 Å². The largest absolute Gasteiger partial charge is 0.388 e. The molecule has 0 spiro atoms. The van der Waals surface area contributed by atoms with Crippen LogP contribution in [0.2, 0.25) is 5.02 Å². The van der Waals surface area contributed by atoms with Crippen LogP contribution in [0.3, 0.4) is 0 Å². The van der Waals surface area contributed by atoms with Gasteiger partial charge in [0.2, 0.25) is 0 Å². The second-order valence-electron chi connectivity index (χ2n) is 5.17. The molecule has 2 heteroatoms. The van der Waals surface area contributed by atoms with E-state index in [1.54, 1.807) is 0 Å². The zero-order chi connectivity index (χ0) is 11.5. The second-order valence-corrected chi connectivity index (χ2v) is 5.60. The van der Waals surface area contributed by atoms with E-state index < -0.39 is 0 Å². The summed E-state index contributed by atoms with van der Waals surface area (Å²) in [6.45, 7) is 6.55. The Morgan fingerprint density at radius 3 is 2.20 bits per heavy atom. The van der Waals surface area contributed by atoms with Gasteiger partial charge in [-0.3, -0.25) is 0 Å². The maximum atomic E-state index is 9.93. The molecule has 1 rings (SSSR count). The van der Waals surface area contributed by atoms with Gasteiger partial charge in [-0.05, 0) is 36.0 Å². The van der Waals surface area contributed by atoms with Gasteiger partial charge in [0.1, 0.15) is 0 Å². The van der Waals surface area contributed by atoms with Crippen LogP contribution in [-0.2, 0) is 0 Å². The van der Waals surface area contributed by atoms with Crippen molar-refractivity contribution >= 4 is 11.6 Å². The highest BCUT2D eigenvalue weighted by Crippen LogP contribution is 2.27. The lowest BCUT2D eigenvalue weighted by atomic mass is 9.88. The average molecular weight is 227 g/mol. The molecule has 84 valence electrons. The van der Waals surface area contributed by atoms with Crippen molar-refractivity contribution in [2.75, 3.05) is 0 Å². The van der Waals surface area contributed by atoms with E-state index in [4.69, 9.17) is 11.6 Å². The van der Waals surface area contributed by atoms with Gasteiger partial charge in [-0.2, -0.15) is 0 Å². The van der Waals surface area contributed by atoms with E-state index in [2.05, 4.69) is 20.8 Å². The van der Waals surface area contributed by atoms with Crippen molar-refractivity contribution in [2.24, 2.45) is 5.41 Å². The van der Waals surface area contributed by atoms with Crippen LogP contribution < -0.4 is 0 Å².